The summed E-state index contributed by atoms with van der Waals surface area (Å²) in [7, 11) is 0. The monoisotopic (exact) mass is 254 g/mol. The number of rotatable bonds is 4. The van der Waals surface area contributed by atoms with Gasteiger partial charge in [0.25, 0.3) is 0 Å². The molecule has 6 heteroatoms. The van der Waals surface area contributed by atoms with Gasteiger partial charge in [-0.05, 0) is 11.6 Å². The number of nitrogens with one attached hydrogen (secondary N) is 1. The Morgan fingerprint density at radius 3 is 2.79 bits per heavy atom. The lowest BCUT2D eigenvalue weighted by Gasteiger charge is -2.06. The largest absolute Gasteiger partial charge is 0.318 e. The van der Waals surface area contributed by atoms with Crippen molar-refractivity contribution in [2.24, 2.45) is 5.73 Å². The lowest BCUT2D eigenvalue weighted by Crippen LogP contribution is -2.13. The quantitative estimate of drug-likeness (QED) is 0.730. The Balaban J connectivity index is 1.78. The fourth-order valence-electron chi connectivity index (χ4n) is 1.88. The molecule has 0 amide bonds. The molecule has 0 spiro atoms. The van der Waals surface area contributed by atoms with E-state index in [0.717, 1.165) is 11.4 Å². The van der Waals surface area contributed by atoms with Crippen LogP contribution in [0.4, 0.5) is 0 Å². The van der Waals surface area contributed by atoms with Crippen LogP contribution in [0.1, 0.15) is 23.3 Å². The van der Waals surface area contributed by atoms with E-state index in [0.29, 0.717) is 12.4 Å². The predicted octanol–water partition coefficient (Wildman–Crippen LogP) is 1.10. The molecule has 19 heavy (non-hydrogen) atoms. The van der Waals surface area contributed by atoms with Crippen LogP contribution in [-0.4, -0.2) is 25.0 Å². The molecular formula is C13H14N6. The molecule has 0 fully saturated rings. The van der Waals surface area contributed by atoms with Crippen LogP contribution in [0, 0.1) is 0 Å². The molecular weight excluding hydrogens is 240 g/mol. The first-order valence-electron chi connectivity index (χ1n) is 6.02. The Bertz CT molecular complexity index is 628. The molecule has 0 aliphatic carbocycles. The molecule has 6 nitrogen and oxygen atoms in total. The van der Waals surface area contributed by atoms with E-state index in [1.54, 1.807) is 10.9 Å². The van der Waals surface area contributed by atoms with Crippen molar-refractivity contribution < 1.29 is 0 Å². The summed E-state index contributed by atoms with van der Waals surface area (Å²) in [4.78, 5) is 4.41. The van der Waals surface area contributed by atoms with Gasteiger partial charge < -0.3 is 5.73 Å². The topological polar surface area (TPSA) is 85.4 Å². The van der Waals surface area contributed by atoms with Gasteiger partial charge in [0.05, 0.1) is 6.04 Å². The van der Waals surface area contributed by atoms with Crippen molar-refractivity contribution in [2.45, 2.75) is 12.6 Å². The van der Waals surface area contributed by atoms with Crippen molar-refractivity contribution in [1.29, 1.82) is 0 Å². The van der Waals surface area contributed by atoms with Gasteiger partial charge >= 0.3 is 0 Å². The smallest absolute Gasteiger partial charge is 0.171 e. The number of H-pyrrole nitrogens is 1. The molecule has 0 aliphatic heterocycles. The van der Waals surface area contributed by atoms with E-state index >= 15 is 0 Å². The highest BCUT2D eigenvalue weighted by molar-refractivity contribution is 5.23. The molecule has 0 aliphatic rings. The maximum Gasteiger partial charge on any atom is 0.171 e. The first-order valence-corrected chi connectivity index (χ1v) is 6.02. The highest BCUT2D eigenvalue weighted by atomic mass is 15.3. The number of nitrogens with zero attached hydrogens (tertiary/aromatic N) is 4. The maximum absolute atomic E-state index is 6.14. The van der Waals surface area contributed by atoms with Crippen molar-refractivity contribution in [2.75, 3.05) is 0 Å². The molecule has 1 atom stereocenters. The summed E-state index contributed by atoms with van der Waals surface area (Å²) in [6, 6.07) is 11.3. The Morgan fingerprint density at radius 1 is 1.21 bits per heavy atom. The Hall–Kier alpha value is -2.47. The summed E-state index contributed by atoms with van der Waals surface area (Å²) in [6.07, 6.45) is 3.60. The van der Waals surface area contributed by atoms with Gasteiger partial charge in [0.1, 0.15) is 12.4 Å². The minimum absolute atomic E-state index is 0.316. The summed E-state index contributed by atoms with van der Waals surface area (Å²) in [5, 5.41) is 11.2. The SMILES string of the molecule is NC(c1ccccc1)c1n[nH]c(Cn2cccn2)n1. The second-order valence-corrected chi connectivity index (χ2v) is 4.23. The zero-order valence-corrected chi connectivity index (χ0v) is 10.3. The van der Waals surface area contributed by atoms with Crippen LogP contribution in [0.2, 0.25) is 0 Å². The van der Waals surface area contributed by atoms with Crippen molar-refractivity contribution >= 4 is 0 Å². The van der Waals surface area contributed by atoms with Gasteiger partial charge in [-0.25, -0.2) is 4.98 Å². The van der Waals surface area contributed by atoms with Gasteiger partial charge in [0.15, 0.2) is 5.82 Å². The second kappa shape index (κ2) is 5.03. The summed E-state index contributed by atoms with van der Waals surface area (Å²) in [5.74, 6) is 1.33. The minimum atomic E-state index is -0.316. The van der Waals surface area contributed by atoms with E-state index in [1.807, 2.05) is 42.6 Å². The maximum atomic E-state index is 6.14. The Kier molecular flexibility index (Phi) is 3.07. The van der Waals surface area contributed by atoms with E-state index in [4.69, 9.17) is 5.73 Å². The van der Waals surface area contributed by atoms with Gasteiger partial charge in [-0.1, -0.05) is 30.3 Å². The summed E-state index contributed by atoms with van der Waals surface area (Å²) >= 11 is 0. The number of hydrogen-bond donors (Lipinski definition) is 2. The summed E-state index contributed by atoms with van der Waals surface area (Å²) in [5.41, 5.74) is 7.13. The van der Waals surface area contributed by atoms with Gasteiger partial charge in [-0.15, -0.1) is 0 Å². The van der Waals surface area contributed by atoms with E-state index in [-0.39, 0.29) is 6.04 Å². The number of aromatic amines is 1. The van der Waals surface area contributed by atoms with Crippen LogP contribution in [0.25, 0.3) is 0 Å². The third-order valence-electron chi connectivity index (χ3n) is 2.86. The van der Waals surface area contributed by atoms with Crippen LogP contribution in [0.3, 0.4) is 0 Å². The average molecular weight is 254 g/mol. The van der Waals surface area contributed by atoms with Crippen molar-refractivity contribution in [3.63, 3.8) is 0 Å². The van der Waals surface area contributed by atoms with E-state index in [2.05, 4.69) is 20.3 Å². The van der Waals surface area contributed by atoms with Crippen molar-refractivity contribution in [1.82, 2.24) is 25.0 Å². The zero-order chi connectivity index (χ0) is 13.1. The fraction of sp³-hybridized carbons (Fsp3) is 0.154. The molecule has 3 aromatic rings. The molecule has 96 valence electrons. The van der Waals surface area contributed by atoms with Crippen molar-refractivity contribution in [3.8, 4) is 0 Å². The Labute approximate surface area is 110 Å². The lowest BCUT2D eigenvalue weighted by atomic mass is 10.1. The van der Waals surface area contributed by atoms with Gasteiger partial charge in [-0.3, -0.25) is 9.78 Å². The van der Waals surface area contributed by atoms with Gasteiger partial charge in [-0.2, -0.15) is 10.2 Å². The van der Waals surface area contributed by atoms with Crippen molar-refractivity contribution in [3.05, 3.63) is 66.0 Å². The average Bonchev–Trinajstić information content (AvgIpc) is 3.11. The van der Waals surface area contributed by atoms with Crippen LogP contribution >= 0.6 is 0 Å². The Morgan fingerprint density at radius 2 is 2.05 bits per heavy atom. The molecule has 0 radical (unpaired) electrons. The van der Waals surface area contributed by atoms with Gasteiger partial charge in [0.2, 0.25) is 0 Å². The van der Waals surface area contributed by atoms with E-state index in [9.17, 15) is 0 Å². The normalized spacial score (nSPS) is 12.5. The van der Waals surface area contributed by atoms with Crippen LogP contribution in [-0.2, 0) is 6.54 Å². The van der Waals surface area contributed by atoms with Crippen LogP contribution < -0.4 is 5.73 Å². The van der Waals surface area contributed by atoms with Crippen LogP contribution in [0.15, 0.2) is 48.8 Å². The molecule has 1 unspecified atom stereocenters. The molecule has 3 N–H and O–H groups in total. The molecule has 0 saturated heterocycles. The third kappa shape index (κ3) is 2.53. The standard InChI is InChI=1S/C13H14N6/c14-12(10-5-2-1-3-6-10)13-16-11(17-18-13)9-19-8-4-7-15-19/h1-8,12H,9,14H2,(H,16,17,18). The molecule has 3 rings (SSSR count). The predicted molar refractivity (Wildman–Crippen MR) is 70.2 cm³/mol. The second-order valence-electron chi connectivity index (χ2n) is 4.23. The molecule has 0 saturated carbocycles. The first-order chi connectivity index (χ1) is 9.33. The minimum Gasteiger partial charge on any atom is -0.318 e. The zero-order valence-electron chi connectivity index (χ0n) is 10.3. The molecule has 1 aromatic carbocycles. The number of hydrogen-bond acceptors (Lipinski definition) is 4. The number of aromatic nitrogens is 5. The fourth-order valence-corrected chi connectivity index (χ4v) is 1.88. The molecule has 2 aromatic heterocycles. The van der Waals surface area contributed by atoms with E-state index < -0.39 is 0 Å². The third-order valence-corrected chi connectivity index (χ3v) is 2.86. The first kappa shape index (κ1) is 11.6. The lowest BCUT2D eigenvalue weighted by molar-refractivity contribution is 0.656. The summed E-state index contributed by atoms with van der Waals surface area (Å²) < 4.78 is 1.78. The number of benzene rings is 1. The molecule has 2 heterocycles. The van der Waals surface area contributed by atoms with Gasteiger partial charge in [0, 0.05) is 12.4 Å². The highest BCUT2D eigenvalue weighted by Gasteiger charge is 2.14. The van der Waals surface area contributed by atoms with Crippen LogP contribution in [0.5, 0.6) is 0 Å². The van der Waals surface area contributed by atoms with E-state index in [1.165, 1.54) is 0 Å². The molecule has 0 bridgehead atoms. The number of nitrogens with two attached hydrogens (primary N) is 1. The highest BCUT2D eigenvalue weighted by Crippen LogP contribution is 2.15. The summed E-state index contributed by atoms with van der Waals surface area (Å²) in [6.45, 7) is 0.557.